The molecular formula is C12H14O. The number of benzene rings is 1. The Morgan fingerprint density at radius 3 is 2.31 bits per heavy atom. The summed E-state index contributed by atoms with van der Waals surface area (Å²) < 4.78 is 0. The lowest BCUT2D eigenvalue weighted by Crippen LogP contribution is -1.98. The van der Waals surface area contributed by atoms with Gasteiger partial charge in [0.05, 0.1) is 0 Å². The van der Waals surface area contributed by atoms with Crippen LogP contribution in [0.2, 0.25) is 0 Å². The maximum atomic E-state index is 9.89. The molecule has 68 valence electrons. The molecule has 1 aliphatic rings. The van der Waals surface area contributed by atoms with Gasteiger partial charge in [0.2, 0.25) is 0 Å². The topological polar surface area (TPSA) is 20.2 Å². The first-order chi connectivity index (χ1) is 6.11. The Morgan fingerprint density at radius 1 is 1.08 bits per heavy atom. The second-order valence-corrected chi connectivity index (χ2v) is 3.82. The summed E-state index contributed by atoms with van der Waals surface area (Å²) >= 11 is 0. The van der Waals surface area contributed by atoms with E-state index in [-0.39, 0.29) is 6.10 Å². The number of aryl methyl sites for hydroxylation is 2. The summed E-state index contributed by atoms with van der Waals surface area (Å²) in [7, 11) is 0. The number of rotatable bonds is 0. The summed E-state index contributed by atoms with van der Waals surface area (Å²) in [5, 5.41) is 9.89. The molecule has 0 heterocycles. The Kier molecular flexibility index (Phi) is 1.77. The minimum atomic E-state index is -0.380. The molecule has 1 aromatic rings. The highest BCUT2D eigenvalue weighted by molar-refractivity contribution is 5.69. The van der Waals surface area contributed by atoms with Crippen LogP contribution in [0.25, 0.3) is 6.08 Å². The Bertz CT molecular complexity index is 388. The number of hydrogen-bond donors (Lipinski definition) is 1. The van der Waals surface area contributed by atoms with E-state index in [4.69, 9.17) is 0 Å². The van der Waals surface area contributed by atoms with Gasteiger partial charge in [0.25, 0.3) is 0 Å². The van der Waals surface area contributed by atoms with Gasteiger partial charge in [0, 0.05) is 0 Å². The highest BCUT2D eigenvalue weighted by Crippen LogP contribution is 2.37. The van der Waals surface area contributed by atoms with Crippen LogP contribution in [0.1, 0.15) is 35.3 Å². The van der Waals surface area contributed by atoms with E-state index in [0.717, 1.165) is 11.1 Å². The summed E-state index contributed by atoms with van der Waals surface area (Å²) in [4.78, 5) is 0. The fourth-order valence-corrected chi connectivity index (χ4v) is 1.94. The molecule has 1 nitrogen and oxygen atoms in total. The molecule has 13 heavy (non-hydrogen) atoms. The predicted octanol–water partition coefficient (Wildman–Crippen LogP) is 2.75. The first kappa shape index (κ1) is 8.52. The van der Waals surface area contributed by atoms with Gasteiger partial charge >= 0.3 is 0 Å². The third-order valence-electron chi connectivity index (χ3n) is 2.80. The van der Waals surface area contributed by atoms with Crippen molar-refractivity contribution in [3.05, 3.63) is 40.0 Å². The molecule has 0 bridgehead atoms. The molecule has 0 aliphatic heterocycles. The van der Waals surface area contributed by atoms with Gasteiger partial charge in [-0.1, -0.05) is 18.2 Å². The predicted molar refractivity (Wildman–Crippen MR) is 54.5 cm³/mol. The lowest BCUT2D eigenvalue weighted by atomic mass is 9.98. The maximum Gasteiger partial charge on any atom is 0.101 e. The molecule has 1 atom stereocenters. The summed E-state index contributed by atoms with van der Waals surface area (Å²) in [6.07, 6.45) is 1.71. The van der Waals surface area contributed by atoms with Crippen molar-refractivity contribution in [2.45, 2.75) is 26.9 Å². The third-order valence-corrected chi connectivity index (χ3v) is 2.80. The lowest BCUT2D eigenvalue weighted by molar-refractivity contribution is 0.219. The quantitative estimate of drug-likeness (QED) is 0.641. The fourth-order valence-electron chi connectivity index (χ4n) is 1.94. The van der Waals surface area contributed by atoms with Gasteiger partial charge in [-0.15, -0.1) is 0 Å². The maximum absolute atomic E-state index is 9.89. The number of hydrogen-bond acceptors (Lipinski definition) is 1. The Morgan fingerprint density at radius 2 is 1.69 bits per heavy atom. The molecule has 1 aromatic carbocycles. The van der Waals surface area contributed by atoms with Gasteiger partial charge in [-0.3, -0.25) is 0 Å². The number of aliphatic hydroxyl groups is 1. The average Bonchev–Trinajstić information content (AvgIpc) is 2.38. The van der Waals surface area contributed by atoms with Crippen LogP contribution in [0, 0.1) is 13.8 Å². The van der Waals surface area contributed by atoms with Gasteiger partial charge < -0.3 is 5.11 Å². The van der Waals surface area contributed by atoms with Crippen molar-refractivity contribution in [1.82, 2.24) is 0 Å². The largest absolute Gasteiger partial charge is 0.384 e. The standard InChI is InChI=1S/C12H14O/c1-7-4-5-8(2)11-10(7)6-9(3)12(11)13/h4-6,12-13H,1-3H3. The SMILES string of the molecule is CC1=Cc2c(C)ccc(C)c2C1O. The smallest absolute Gasteiger partial charge is 0.101 e. The summed E-state index contributed by atoms with van der Waals surface area (Å²) in [5.41, 5.74) is 5.78. The molecule has 1 unspecified atom stereocenters. The molecular weight excluding hydrogens is 160 g/mol. The Balaban J connectivity index is 2.70. The number of aliphatic hydroxyl groups excluding tert-OH is 1. The molecule has 0 amide bonds. The van der Waals surface area contributed by atoms with Crippen LogP contribution < -0.4 is 0 Å². The summed E-state index contributed by atoms with van der Waals surface area (Å²) in [6.45, 7) is 6.11. The van der Waals surface area contributed by atoms with Crippen LogP contribution in [0.3, 0.4) is 0 Å². The third kappa shape index (κ3) is 1.11. The van der Waals surface area contributed by atoms with Crippen LogP contribution in [0.15, 0.2) is 17.7 Å². The average molecular weight is 174 g/mol. The van der Waals surface area contributed by atoms with E-state index in [1.165, 1.54) is 16.7 Å². The van der Waals surface area contributed by atoms with Crippen LogP contribution in [-0.2, 0) is 0 Å². The van der Waals surface area contributed by atoms with Crippen LogP contribution >= 0.6 is 0 Å². The first-order valence-corrected chi connectivity index (χ1v) is 4.57. The zero-order valence-electron chi connectivity index (χ0n) is 8.26. The summed E-state index contributed by atoms with van der Waals surface area (Å²) in [6, 6.07) is 4.18. The second-order valence-electron chi connectivity index (χ2n) is 3.82. The van der Waals surface area contributed by atoms with Crippen molar-refractivity contribution in [3.63, 3.8) is 0 Å². The van der Waals surface area contributed by atoms with Crippen molar-refractivity contribution in [2.24, 2.45) is 0 Å². The van der Waals surface area contributed by atoms with E-state index < -0.39 is 0 Å². The first-order valence-electron chi connectivity index (χ1n) is 4.57. The molecule has 1 N–H and O–H groups in total. The molecule has 1 heteroatoms. The minimum absolute atomic E-state index is 0.380. The normalized spacial score (nSPS) is 20.0. The molecule has 0 spiro atoms. The van der Waals surface area contributed by atoms with E-state index >= 15 is 0 Å². The molecule has 0 radical (unpaired) electrons. The molecule has 2 rings (SSSR count). The Labute approximate surface area is 78.7 Å². The van der Waals surface area contributed by atoms with E-state index in [1.807, 2.05) is 13.8 Å². The summed E-state index contributed by atoms with van der Waals surface area (Å²) in [5.74, 6) is 0. The van der Waals surface area contributed by atoms with Gasteiger partial charge in [0.1, 0.15) is 6.10 Å². The molecule has 0 aromatic heterocycles. The zero-order chi connectivity index (χ0) is 9.59. The van der Waals surface area contributed by atoms with Crippen molar-refractivity contribution in [1.29, 1.82) is 0 Å². The Hall–Kier alpha value is -1.08. The van der Waals surface area contributed by atoms with Gasteiger partial charge in [-0.2, -0.15) is 0 Å². The second kappa shape index (κ2) is 2.71. The van der Waals surface area contributed by atoms with Gasteiger partial charge in [-0.05, 0) is 48.6 Å². The highest BCUT2D eigenvalue weighted by atomic mass is 16.3. The molecule has 1 aliphatic carbocycles. The zero-order valence-corrected chi connectivity index (χ0v) is 8.26. The van der Waals surface area contributed by atoms with Gasteiger partial charge in [0.15, 0.2) is 0 Å². The van der Waals surface area contributed by atoms with Crippen molar-refractivity contribution in [2.75, 3.05) is 0 Å². The molecule has 0 saturated carbocycles. The van der Waals surface area contributed by atoms with Gasteiger partial charge in [-0.25, -0.2) is 0 Å². The van der Waals surface area contributed by atoms with E-state index in [1.54, 1.807) is 0 Å². The lowest BCUT2D eigenvalue weighted by Gasteiger charge is -2.11. The minimum Gasteiger partial charge on any atom is -0.384 e. The van der Waals surface area contributed by atoms with E-state index in [2.05, 4.69) is 25.1 Å². The monoisotopic (exact) mass is 174 g/mol. The van der Waals surface area contributed by atoms with Crippen LogP contribution in [0.4, 0.5) is 0 Å². The van der Waals surface area contributed by atoms with Crippen LogP contribution in [0.5, 0.6) is 0 Å². The molecule has 0 saturated heterocycles. The van der Waals surface area contributed by atoms with Crippen molar-refractivity contribution in [3.8, 4) is 0 Å². The van der Waals surface area contributed by atoms with E-state index in [9.17, 15) is 5.11 Å². The van der Waals surface area contributed by atoms with Crippen molar-refractivity contribution < 1.29 is 5.11 Å². The molecule has 0 fully saturated rings. The number of fused-ring (bicyclic) bond motifs is 1. The fraction of sp³-hybridized carbons (Fsp3) is 0.333. The van der Waals surface area contributed by atoms with Crippen molar-refractivity contribution >= 4 is 6.08 Å². The van der Waals surface area contributed by atoms with Crippen LogP contribution in [-0.4, -0.2) is 5.11 Å². The highest BCUT2D eigenvalue weighted by Gasteiger charge is 2.22. The van der Waals surface area contributed by atoms with E-state index in [0.29, 0.717) is 0 Å².